The number of hydrogen-bond donors (Lipinski definition) is 1. The predicted molar refractivity (Wildman–Crippen MR) is 98.1 cm³/mol. The van der Waals surface area contributed by atoms with E-state index in [1.165, 1.54) is 0 Å². The van der Waals surface area contributed by atoms with Gasteiger partial charge >= 0.3 is 0 Å². The molecule has 2 aromatic rings. The summed E-state index contributed by atoms with van der Waals surface area (Å²) in [5.41, 5.74) is 3.89. The van der Waals surface area contributed by atoms with Gasteiger partial charge in [-0.25, -0.2) is 0 Å². The van der Waals surface area contributed by atoms with Crippen LogP contribution in [0.1, 0.15) is 24.5 Å². The summed E-state index contributed by atoms with van der Waals surface area (Å²) >= 11 is 0. The molecule has 1 aliphatic heterocycles. The number of benzene rings is 2. The van der Waals surface area contributed by atoms with Crippen molar-refractivity contribution in [3.05, 3.63) is 53.6 Å². The van der Waals surface area contributed by atoms with Crippen molar-refractivity contribution >= 4 is 23.2 Å². The Bertz CT molecular complexity index is 784. The van der Waals surface area contributed by atoms with Crippen molar-refractivity contribution in [3.8, 4) is 5.75 Å². The number of ether oxygens (including phenoxy) is 1. The SMILES string of the molecule is CC(=O)N1CCCc2cc(NC(=O)COc3ccc(C)cc3)ccc21. The fourth-order valence-corrected chi connectivity index (χ4v) is 2.98. The fourth-order valence-electron chi connectivity index (χ4n) is 2.98. The number of aryl methyl sites for hydroxylation is 2. The van der Waals surface area contributed by atoms with Gasteiger partial charge in [-0.15, -0.1) is 0 Å². The highest BCUT2D eigenvalue weighted by Gasteiger charge is 2.20. The molecule has 0 aliphatic carbocycles. The van der Waals surface area contributed by atoms with E-state index in [1.807, 2.05) is 49.4 Å². The maximum Gasteiger partial charge on any atom is 0.262 e. The zero-order chi connectivity index (χ0) is 17.8. The molecule has 0 spiro atoms. The second-order valence-corrected chi connectivity index (χ2v) is 6.27. The van der Waals surface area contributed by atoms with Crippen molar-refractivity contribution in [2.75, 3.05) is 23.4 Å². The highest BCUT2D eigenvalue weighted by atomic mass is 16.5. The van der Waals surface area contributed by atoms with Gasteiger partial charge in [0.05, 0.1) is 0 Å². The predicted octanol–water partition coefficient (Wildman–Crippen LogP) is 3.31. The van der Waals surface area contributed by atoms with Crippen LogP contribution in [0, 0.1) is 6.92 Å². The molecule has 0 unspecified atom stereocenters. The molecule has 130 valence electrons. The van der Waals surface area contributed by atoms with E-state index < -0.39 is 0 Å². The molecule has 1 heterocycles. The minimum absolute atomic E-state index is 0.0419. The molecule has 2 amide bonds. The highest BCUT2D eigenvalue weighted by molar-refractivity contribution is 5.95. The van der Waals surface area contributed by atoms with E-state index in [0.717, 1.165) is 41.9 Å². The third-order valence-corrected chi connectivity index (χ3v) is 4.25. The van der Waals surface area contributed by atoms with E-state index in [9.17, 15) is 9.59 Å². The van der Waals surface area contributed by atoms with Crippen LogP contribution in [0.5, 0.6) is 5.75 Å². The molecule has 0 aromatic heterocycles. The maximum atomic E-state index is 12.1. The Morgan fingerprint density at radius 1 is 1.16 bits per heavy atom. The Kier molecular flexibility index (Phi) is 5.03. The van der Waals surface area contributed by atoms with E-state index >= 15 is 0 Å². The van der Waals surface area contributed by atoms with Gasteiger partial charge in [0.15, 0.2) is 6.61 Å². The smallest absolute Gasteiger partial charge is 0.262 e. The minimum Gasteiger partial charge on any atom is -0.484 e. The van der Waals surface area contributed by atoms with Crippen LogP contribution < -0.4 is 15.0 Å². The highest BCUT2D eigenvalue weighted by Crippen LogP contribution is 2.29. The first kappa shape index (κ1) is 17.0. The molecule has 1 N–H and O–H groups in total. The van der Waals surface area contributed by atoms with Gasteiger partial charge in [-0.1, -0.05) is 17.7 Å². The summed E-state index contributed by atoms with van der Waals surface area (Å²) in [7, 11) is 0. The van der Waals surface area contributed by atoms with Gasteiger partial charge in [-0.2, -0.15) is 0 Å². The number of anilines is 2. The molecule has 5 nitrogen and oxygen atoms in total. The van der Waals surface area contributed by atoms with Gasteiger partial charge in [0.25, 0.3) is 5.91 Å². The van der Waals surface area contributed by atoms with Crippen molar-refractivity contribution in [3.63, 3.8) is 0 Å². The van der Waals surface area contributed by atoms with Crippen molar-refractivity contribution in [2.24, 2.45) is 0 Å². The van der Waals surface area contributed by atoms with E-state index in [0.29, 0.717) is 5.75 Å². The summed E-state index contributed by atoms with van der Waals surface area (Å²) in [6.07, 6.45) is 1.84. The molecular formula is C20H22N2O3. The Labute approximate surface area is 147 Å². The number of hydrogen-bond acceptors (Lipinski definition) is 3. The molecule has 0 radical (unpaired) electrons. The van der Waals surface area contributed by atoms with Crippen LogP contribution in [0.4, 0.5) is 11.4 Å². The number of nitrogens with one attached hydrogen (secondary N) is 1. The molecule has 0 atom stereocenters. The van der Waals surface area contributed by atoms with Crippen LogP contribution in [-0.2, 0) is 16.0 Å². The summed E-state index contributed by atoms with van der Waals surface area (Å²) in [6, 6.07) is 13.2. The van der Waals surface area contributed by atoms with Crippen LogP contribution in [0.2, 0.25) is 0 Å². The number of rotatable bonds is 4. The lowest BCUT2D eigenvalue weighted by atomic mass is 10.0. The van der Waals surface area contributed by atoms with Crippen molar-refractivity contribution in [1.29, 1.82) is 0 Å². The number of carbonyl (C=O) groups is 2. The van der Waals surface area contributed by atoms with Crippen molar-refractivity contribution in [2.45, 2.75) is 26.7 Å². The zero-order valence-electron chi connectivity index (χ0n) is 14.5. The van der Waals surface area contributed by atoms with Crippen LogP contribution in [-0.4, -0.2) is 25.0 Å². The summed E-state index contributed by atoms with van der Waals surface area (Å²) in [4.78, 5) is 25.6. The molecule has 2 aromatic carbocycles. The Morgan fingerprint density at radius 3 is 2.64 bits per heavy atom. The molecular weight excluding hydrogens is 316 g/mol. The molecule has 5 heteroatoms. The third-order valence-electron chi connectivity index (χ3n) is 4.25. The normalized spacial score (nSPS) is 13.1. The van der Waals surface area contributed by atoms with Gasteiger partial charge in [-0.3, -0.25) is 9.59 Å². The van der Waals surface area contributed by atoms with Crippen molar-refractivity contribution < 1.29 is 14.3 Å². The minimum atomic E-state index is -0.209. The van der Waals surface area contributed by atoms with E-state index in [2.05, 4.69) is 5.32 Å². The van der Waals surface area contributed by atoms with Gasteiger partial charge in [0.2, 0.25) is 5.91 Å². The number of fused-ring (bicyclic) bond motifs is 1. The second-order valence-electron chi connectivity index (χ2n) is 6.27. The zero-order valence-corrected chi connectivity index (χ0v) is 14.5. The number of amides is 2. The number of nitrogens with zero attached hydrogens (tertiary/aromatic N) is 1. The van der Waals surface area contributed by atoms with Gasteiger partial charge in [0, 0.05) is 24.8 Å². The molecule has 0 saturated carbocycles. The Balaban J connectivity index is 1.62. The summed E-state index contributed by atoms with van der Waals surface area (Å²) in [5, 5.41) is 2.85. The molecule has 1 aliphatic rings. The molecule has 25 heavy (non-hydrogen) atoms. The molecule has 0 bridgehead atoms. The largest absolute Gasteiger partial charge is 0.484 e. The first-order valence-electron chi connectivity index (χ1n) is 8.43. The van der Waals surface area contributed by atoms with Crippen LogP contribution in [0.15, 0.2) is 42.5 Å². The topological polar surface area (TPSA) is 58.6 Å². The first-order chi connectivity index (χ1) is 12.0. The third kappa shape index (κ3) is 4.18. The molecule has 0 saturated heterocycles. The second kappa shape index (κ2) is 7.38. The lowest BCUT2D eigenvalue weighted by Crippen LogP contribution is -2.33. The van der Waals surface area contributed by atoms with Crippen molar-refractivity contribution in [1.82, 2.24) is 0 Å². The van der Waals surface area contributed by atoms with E-state index in [4.69, 9.17) is 4.74 Å². The fraction of sp³-hybridized carbons (Fsp3) is 0.300. The Hall–Kier alpha value is -2.82. The summed E-state index contributed by atoms with van der Waals surface area (Å²) in [5.74, 6) is 0.507. The summed E-state index contributed by atoms with van der Waals surface area (Å²) < 4.78 is 5.49. The number of carbonyl (C=O) groups excluding carboxylic acids is 2. The van der Waals surface area contributed by atoms with Gasteiger partial charge < -0.3 is 15.0 Å². The lowest BCUT2D eigenvalue weighted by molar-refractivity contribution is -0.118. The molecule has 0 fully saturated rings. The van der Waals surface area contributed by atoms with Gasteiger partial charge in [0.1, 0.15) is 5.75 Å². The molecule has 3 rings (SSSR count). The Morgan fingerprint density at radius 2 is 1.92 bits per heavy atom. The maximum absolute atomic E-state index is 12.1. The van der Waals surface area contributed by atoms with E-state index in [1.54, 1.807) is 11.8 Å². The average Bonchev–Trinajstić information content (AvgIpc) is 2.60. The quantitative estimate of drug-likeness (QED) is 0.930. The van der Waals surface area contributed by atoms with Crippen LogP contribution in [0.25, 0.3) is 0 Å². The lowest BCUT2D eigenvalue weighted by Gasteiger charge is -2.29. The van der Waals surface area contributed by atoms with Crippen LogP contribution in [0.3, 0.4) is 0 Å². The van der Waals surface area contributed by atoms with Crippen LogP contribution >= 0.6 is 0 Å². The first-order valence-corrected chi connectivity index (χ1v) is 8.43. The average molecular weight is 338 g/mol. The summed E-state index contributed by atoms with van der Waals surface area (Å²) in [6.45, 7) is 4.28. The monoisotopic (exact) mass is 338 g/mol. The standard InChI is InChI=1S/C20H22N2O3/c1-14-5-8-18(9-6-14)25-13-20(24)21-17-7-10-19-16(12-17)4-3-11-22(19)15(2)23/h5-10,12H,3-4,11,13H2,1-2H3,(H,21,24). The van der Waals surface area contributed by atoms with E-state index in [-0.39, 0.29) is 18.4 Å². The van der Waals surface area contributed by atoms with Gasteiger partial charge in [-0.05, 0) is 55.7 Å².